The van der Waals surface area contributed by atoms with Crippen molar-refractivity contribution in [3.05, 3.63) is 11.1 Å². The molecule has 0 radical (unpaired) electrons. The van der Waals surface area contributed by atoms with Crippen molar-refractivity contribution in [2.75, 3.05) is 26.2 Å². The molecule has 0 aromatic heterocycles. The van der Waals surface area contributed by atoms with E-state index >= 15 is 0 Å². The molecule has 0 bridgehead atoms. The predicted molar refractivity (Wildman–Crippen MR) is 77.5 cm³/mol. The van der Waals surface area contributed by atoms with E-state index in [0.717, 1.165) is 16.9 Å². The van der Waals surface area contributed by atoms with Gasteiger partial charge in [0, 0.05) is 23.6 Å². The van der Waals surface area contributed by atoms with Gasteiger partial charge in [-0.2, -0.15) is 0 Å². The molecule has 0 amide bonds. The summed E-state index contributed by atoms with van der Waals surface area (Å²) in [5, 5.41) is 3.77. The van der Waals surface area contributed by atoms with Crippen LogP contribution in [0, 0.1) is 5.92 Å². The van der Waals surface area contributed by atoms with Crippen molar-refractivity contribution < 1.29 is 0 Å². The first-order valence-corrected chi connectivity index (χ1v) is 7.84. The molecule has 2 nitrogen and oxygen atoms in total. The molecule has 1 aliphatic carbocycles. The molecular formula is C14H25BrN2. The molecule has 1 N–H and O–H groups in total. The highest BCUT2D eigenvalue weighted by atomic mass is 79.9. The minimum atomic E-state index is 0.713. The lowest BCUT2D eigenvalue weighted by atomic mass is 9.83. The Morgan fingerprint density at radius 2 is 2.00 bits per heavy atom. The van der Waals surface area contributed by atoms with Gasteiger partial charge in [-0.15, -0.1) is 0 Å². The van der Waals surface area contributed by atoms with Crippen LogP contribution in [0.15, 0.2) is 11.1 Å². The van der Waals surface area contributed by atoms with Crippen LogP contribution in [0.3, 0.4) is 0 Å². The Bertz CT molecular complexity index is 249. The molecule has 1 unspecified atom stereocenters. The summed E-state index contributed by atoms with van der Waals surface area (Å²) in [6.07, 6.45) is 8.46. The highest BCUT2D eigenvalue weighted by Crippen LogP contribution is 2.27. The van der Waals surface area contributed by atoms with E-state index in [2.05, 4.69) is 32.7 Å². The molecule has 1 saturated carbocycles. The minimum absolute atomic E-state index is 0.713. The highest BCUT2D eigenvalue weighted by Gasteiger charge is 2.26. The smallest absolute Gasteiger partial charge is 0.0294 e. The summed E-state index contributed by atoms with van der Waals surface area (Å²) < 4.78 is 1.11. The van der Waals surface area contributed by atoms with Crippen LogP contribution in [0.1, 0.15) is 38.5 Å². The van der Waals surface area contributed by atoms with Crippen molar-refractivity contribution in [3.63, 3.8) is 0 Å². The van der Waals surface area contributed by atoms with Gasteiger partial charge in [0.15, 0.2) is 0 Å². The van der Waals surface area contributed by atoms with E-state index in [0.29, 0.717) is 6.04 Å². The van der Waals surface area contributed by atoms with Gasteiger partial charge < -0.3 is 5.32 Å². The third kappa shape index (κ3) is 4.38. The maximum atomic E-state index is 3.97. The fraction of sp³-hybridized carbons (Fsp3) is 0.857. The van der Waals surface area contributed by atoms with Crippen molar-refractivity contribution in [1.29, 1.82) is 0 Å². The molecular weight excluding hydrogens is 276 g/mol. The van der Waals surface area contributed by atoms with Crippen molar-refractivity contribution in [3.8, 4) is 0 Å². The first-order chi connectivity index (χ1) is 8.25. The first kappa shape index (κ1) is 13.6. The fourth-order valence-corrected chi connectivity index (χ4v) is 3.62. The normalized spacial score (nSPS) is 28.9. The lowest BCUT2D eigenvalue weighted by Gasteiger charge is -2.32. The molecule has 1 atom stereocenters. The Morgan fingerprint density at radius 3 is 2.71 bits per heavy atom. The van der Waals surface area contributed by atoms with Crippen LogP contribution < -0.4 is 5.32 Å². The lowest BCUT2D eigenvalue weighted by molar-refractivity contribution is 0.217. The van der Waals surface area contributed by atoms with E-state index in [9.17, 15) is 0 Å². The minimum Gasteiger partial charge on any atom is -0.312 e. The van der Waals surface area contributed by atoms with Gasteiger partial charge in [0.1, 0.15) is 0 Å². The van der Waals surface area contributed by atoms with E-state index in [1.165, 1.54) is 58.2 Å². The fourth-order valence-electron chi connectivity index (χ4n) is 3.26. The third-order valence-corrected chi connectivity index (χ3v) is 4.38. The average molecular weight is 301 g/mol. The maximum Gasteiger partial charge on any atom is 0.0294 e. The molecule has 17 heavy (non-hydrogen) atoms. The Kier molecular flexibility index (Phi) is 5.51. The Labute approximate surface area is 114 Å². The van der Waals surface area contributed by atoms with E-state index in [1.54, 1.807) is 0 Å². The second-order valence-electron chi connectivity index (χ2n) is 5.56. The van der Waals surface area contributed by atoms with Crippen molar-refractivity contribution in [2.24, 2.45) is 5.92 Å². The number of rotatable bonds is 3. The SMILES string of the molecule is C=C(Br)CN1CCCNC(C2CCCCC2)C1. The van der Waals surface area contributed by atoms with Crippen molar-refractivity contribution >= 4 is 15.9 Å². The van der Waals surface area contributed by atoms with Gasteiger partial charge in [-0.1, -0.05) is 41.8 Å². The van der Waals surface area contributed by atoms with E-state index < -0.39 is 0 Å². The number of halogens is 1. The summed E-state index contributed by atoms with van der Waals surface area (Å²) in [4.78, 5) is 2.55. The molecule has 98 valence electrons. The maximum absolute atomic E-state index is 3.97. The van der Waals surface area contributed by atoms with E-state index in [1.807, 2.05) is 0 Å². The van der Waals surface area contributed by atoms with Gasteiger partial charge in [-0.3, -0.25) is 4.90 Å². The topological polar surface area (TPSA) is 15.3 Å². The van der Waals surface area contributed by atoms with Crippen molar-refractivity contribution in [1.82, 2.24) is 10.2 Å². The zero-order valence-electron chi connectivity index (χ0n) is 10.8. The lowest BCUT2D eigenvalue weighted by Crippen LogP contribution is -2.43. The molecule has 1 aliphatic heterocycles. The summed E-state index contributed by atoms with van der Waals surface area (Å²) in [7, 11) is 0. The zero-order valence-corrected chi connectivity index (χ0v) is 12.3. The van der Waals surface area contributed by atoms with Crippen molar-refractivity contribution in [2.45, 2.75) is 44.6 Å². The first-order valence-electron chi connectivity index (χ1n) is 7.05. The van der Waals surface area contributed by atoms with E-state index in [-0.39, 0.29) is 0 Å². The number of hydrogen-bond acceptors (Lipinski definition) is 2. The zero-order chi connectivity index (χ0) is 12.1. The number of nitrogens with one attached hydrogen (secondary N) is 1. The standard InChI is InChI=1S/C14H25BrN2/c1-12(15)10-17-9-5-8-16-14(11-17)13-6-3-2-4-7-13/h13-14,16H,1-11H2. The van der Waals surface area contributed by atoms with Gasteiger partial charge in [0.2, 0.25) is 0 Å². The third-order valence-electron chi connectivity index (χ3n) is 4.13. The average Bonchev–Trinajstić information content (AvgIpc) is 2.55. The Hall–Kier alpha value is 0.140. The summed E-state index contributed by atoms with van der Waals surface area (Å²) in [6.45, 7) is 8.58. The molecule has 1 saturated heterocycles. The molecule has 0 spiro atoms. The molecule has 0 aromatic carbocycles. The Balaban J connectivity index is 1.88. The largest absolute Gasteiger partial charge is 0.312 e. The summed E-state index contributed by atoms with van der Waals surface area (Å²) >= 11 is 3.49. The molecule has 2 rings (SSSR count). The number of hydrogen-bond donors (Lipinski definition) is 1. The second kappa shape index (κ2) is 6.91. The highest BCUT2D eigenvalue weighted by molar-refractivity contribution is 9.11. The van der Waals surface area contributed by atoms with Crippen LogP contribution in [-0.2, 0) is 0 Å². The van der Waals surface area contributed by atoms with E-state index in [4.69, 9.17) is 0 Å². The molecule has 1 heterocycles. The summed E-state index contributed by atoms with van der Waals surface area (Å²) in [5.41, 5.74) is 0. The second-order valence-corrected chi connectivity index (χ2v) is 6.69. The van der Waals surface area contributed by atoms with Crippen LogP contribution in [0.2, 0.25) is 0 Å². The van der Waals surface area contributed by atoms with Crippen LogP contribution in [0.5, 0.6) is 0 Å². The van der Waals surface area contributed by atoms with Gasteiger partial charge >= 0.3 is 0 Å². The Morgan fingerprint density at radius 1 is 1.24 bits per heavy atom. The van der Waals surface area contributed by atoms with Gasteiger partial charge in [0.25, 0.3) is 0 Å². The van der Waals surface area contributed by atoms with Crippen LogP contribution >= 0.6 is 15.9 Å². The molecule has 3 heteroatoms. The molecule has 0 aromatic rings. The summed E-state index contributed by atoms with van der Waals surface area (Å²) in [5.74, 6) is 0.910. The predicted octanol–water partition coefficient (Wildman–Crippen LogP) is 3.14. The van der Waals surface area contributed by atoms with Gasteiger partial charge in [-0.05, 0) is 38.3 Å². The molecule has 2 aliphatic rings. The summed E-state index contributed by atoms with van der Waals surface area (Å²) in [6, 6.07) is 0.713. The van der Waals surface area contributed by atoms with Crippen LogP contribution in [0.25, 0.3) is 0 Å². The monoisotopic (exact) mass is 300 g/mol. The van der Waals surface area contributed by atoms with Gasteiger partial charge in [-0.25, -0.2) is 0 Å². The van der Waals surface area contributed by atoms with Gasteiger partial charge in [0.05, 0.1) is 0 Å². The number of nitrogens with zero attached hydrogens (tertiary/aromatic N) is 1. The molecule has 2 fully saturated rings. The quantitative estimate of drug-likeness (QED) is 0.861. The van der Waals surface area contributed by atoms with Crippen LogP contribution in [0.4, 0.5) is 0 Å². The van der Waals surface area contributed by atoms with Crippen LogP contribution in [-0.4, -0.2) is 37.1 Å².